The first-order valence-corrected chi connectivity index (χ1v) is 15.8. The van der Waals surface area contributed by atoms with E-state index in [-0.39, 0.29) is 23.7 Å². The van der Waals surface area contributed by atoms with E-state index >= 15 is 0 Å². The van der Waals surface area contributed by atoms with Gasteiger partial charge in [0.25, 0.3) is 0 Å². The molecule has 0 radical (unpaired) electrons. The molecule has 0 saturated carbocycles. The Bertz CT molecular complexity index is 1620. The Morgan fingerprint density at radius 2 is 1.84 bits per heavy atom. The highest BCUT2D eigenvalue weighted by molar-refractivity contribution is 8.14. The highest BCUT2D eigenvalue weighted by atomic mass is 32.2. The minimum atomic E-state index is -4.74. The van der Waals surface area contributed by atoms with Crippen LogP contribution >= 0.6 is 11.8 Å². The van der Waals surface area contributed by atoms with Gasteiger partial charge in [0.15, 0.2) is 11.0 Å². The predicted octanol–water partition coefficient (Wildman–Crippen LogP) is 7.99. The molecule has 1 N–H and O–H groups in total. The maximum Gasteiger partial charge on any atom is 0.573 e. The molecule has 45 heavy (non-hydrogen) atoms. The van der Waals surface area contributed by atoms with Crippen molar-refractivity contribution in [2.45, 2.75) is 58.4 Å². The number of nitrogens with one attached hydrogen (secondary N) is 1. The van der Waals surface area contributed by atoms with E-state index in [2.05, 4.69) is 62.9 Å². The number of amides is 2. The Morgan fingerprint density at radius 1 is 1.11 bits per heavy atom. The van der Waals surface area contributed by atoms with Crippen molar-refractivity contribution in [3.8, 4) is 22.8 Å². The number of alkyl halides is 3. The summed E-state index contributed by atoms with van der Waals surface area (Å²) >= 11 is 1.62. The van der Waals surface area contributed by atoms with Gasteiger partial charge in [-0.05, 0) is 73.6 Å². The summed E-state index contributed by atoms with van der Waals surface area (Å²) < 4.78 is 42.7. The highest BCUT2D eigenvalue weighted by Crippen LogP contribution is 2.32. The minimum Gasteiger partial charge on any atom is -0.406 e. The third-order valence-corrected chi connectivity index (χ3v) is 8.65. The number of aromatic nitrogens is 3. The number of halogens is 3. The van der Waals surface area contributed by atoms with E-state index in [0.717, 1.165) is 47.0 Å². The van der Waals surface area contributed by atoms with Gasteiger partial charge in [-0.3, -0.25) is 0 Å². The zero-order chi connectivity index (χ0) is 32.0. The molecule has 1 aromatic heterocycles. The quantitative estimate of drug-likeness (QED) is 0.201. The van der Waals surface area contributed by atoms with Crippen molar-refractivity contribution in [3.63, 3.8) is 0 Å². The third kappa shape index (κ3) is 8.24. The summed E-state index contributed by atoms with van der Waals surface area (Å²) in [5.41, 5.74) is 4.81. The predicted molar refractivity (Wildman–Crippen MR) is 172 cm³/mol. The molecule has 1 saturated heterocycles. The number of hydrogen-bond donors (Lipinski definition) is 1. The number of carbonyl (C=O) groups is 1. The van der Waals surface area contributed by atoms with Crippen LogP contribution in [-0.4, -0.2) is 50.7 Å². The number of benzene rings is 3. The Labute approximate surface area is 264 Å². The summed E-state index contributed by atoms with van der Waals surface area (Å²) in [7, 11) is 0. The molecular formula is C33H35F3N6O2S. The van der Waals surface area contributed by atoms with Gasteiger partial charge in [0.1, 0.15) is 12.1 Å². The van der Waals surface area contributed by atoms with Crippen LogP contribution in [0, 0.1) is 0 Å². The van der Waals surface area contributed by atoms with Crippen LogP contribution in [0.5, 0.6) is 5.75 Å². The van der Waals surface area contributed by atoms with Crippen LogP contribution in [0.15, 0.2) is 84.1 Å². The van der Waals surface area contributed by atoms with Crippen LogP contribution < -0.4 is 15.0 Å². The molecule has 2 atom stereocenters. The second kappa shape index (κ2) is 14.2. The topological polar surface area (TPSA) is 84.6 Å². The summed E-state index contributed by atoms with van der Waals surface area (Å²) in [4.78, 5) is 23.8. The molecule has 8 nitrogen and oxygen atoms in total. The van der Waals surface area contributed by atoms with Gasteiger partial charge < -0.3 is 15.0 Å². The number of rotatable bonds is 9. The molecule has 2 amide bonds. The first kappa shape index (κ1) is 32.1. The third-order valence-electron chi connectivity index (χ3n) is 7.66. The van der Waals surface area contributed by atoms with E-state index in [1.54, 1.807) is 11.8 Å². The van der Waals surface area contributed by atoms with Crippen LogP contribution in [0.25, 0.3) is 17.1 Å². The molecule has 236 valence electrons. The number of ether oxygens (including phenoxy) is 1. The first-order valence-electron chi connectivity index (χ1n) is 14.9. The summed E-state index contributed by atoms with van der Waals surface area (Å²) in [6, 6.07) is 21.5. The van der Waals surface area contributed by atoms with Crippen LogP contribution in [-0.2, 0) is 6.42 Å². The van der Waals surface area contributed by atoms with Crippen molar-refractivity contribution in [2.24, 2.45) is 4.99 Å². The standard InChI is InChI=1S/C33H35F3N6O2S/c1-4-24-7-5-6-8-29(24)42-23(3)18-20-45-32(42)39-31(43)37-19-17-22(2)25-9-11-26(12-10-25)30-38-21-41(40-30)27-13-15-28(16-14-27)44-33(34,35)36/h5-16,21-23H,4,17-20H2,1-3H3,(H,37,43)/b39-32-. The minimum absolute atomic E-state index is 0.187. The summed E-state index contributed by atoms with van der Waals surface area (Å²) in [6.07, 6.45) is -0.570. The molecule has 2 unspecified atom stereocenters. The normalized spacial score (nSPS) is 16.9. The van der Waals surface area contributed by atoms with Gasteiger partial charge in [0.2, 0.25) is 0 Å². The van der Waals surface area contributed by atoms with Gasteiger partial charge in [-0.25, -0.2) is 14.5 Å². The van der Waals surface area contributed by atoms with Crippen molar-refractivity contribution in [2.75, 3.05) is 17.2 Å². The number of aryl methyl sites for hydroxylation is 1. The van der Waals surface area contributed by atoms with Gasteiger partial charge in [-0.1, -0.05) is 68.1 Å². The van der Waals surface area contributed by atoms with E-state index in [1.165, 1.54) is 40.8 Å². The maximum atomic E-state index is 12.8. The Balaban J connectivity index is 1.16. The molecule has 12 heteroatoms. The van der Waals surface area contributed by atoms with E-state index < -0.39 is 6.36 Å². The van der Waals surface area contributed by atoms with Crippen LogP contribution in [0.3, 0.4) is 0 Å². The second-order valence-electron chi connectivity index (χ2n) is 10.8. The summed E-state index contributed by atoms with van der Waals surface area (Å²) in [5, 5.41) is 8.16. The van der Waals surface area contributed by atoms with Crippen molar-refractivity contribution >= 4 is 28.6 Å². The molecule has 1 aliphatic rings. The fourth-order valence-corrected chi connectivity index (χ4v) is 6.36. The molecule has 4 aromatic rings. The zero-order valence-electron chi connectivity index (χ0n) is 25.3. The Morgan fingerprint density at radius 3 is 2.56 bits per heavy atom. The van der Waals surface area contributed by atoms with Gasteiger partial charge in [0.05, 0.1) is 5.69 Å². The van der Waals surface area contributed by atoms with E-state index in [9.17, 15) is 18.0 Å². The number of carbonyl (C=O) groups excluding carboxylic acids is 1. The van der Waals surface area contributed by atoms with E-state index in [1.807, 2.05) is 36.4 Å². The highest BCUT2D eigenvalue weighted by Gasteiger charge is 2.31. The smallest absolute Gasteiger partial charge is 0.406 e. The van der Waals surface area contributed by atoms with E-state index in [0.29, 0.717) is 18.1 Å². The van der Waals surface area contributed by atoms with Gasteiger partial charge in [0, 0.05) is 29.6 Å². The average Bonchev–Trinajstić information content (AvgIpc) is 3.51. The number of nitrogens with zero attached hydrogens (tertiary/aromatic N) is 5. The Kier molecular flexibility index (Phi) is 10.1. The van der Waals surface area contributed by atoms with Crippen LogP contribution in [0.4, 0.5) is 23.7 Å². The second-order valence-corrected chi connectivity index (χ2v) is 11.9. The number of para-hydroxylation sites is 1. The number of urea groups is 1. The molecule has 0 bridgehead atoms. The lowest BCUT2D eigenvalue weighted by Crippen LogP contribution is -2.42. The molecule has 2 heterocycles. The monoisotopic (exact) mass is 636 g/mol. The lowest BCUT2D eigenvalue weighted by atomic mass is 9.96. The van der Waals surface area contributed by atoms with E-state index in [4.69, 9.17) is 0 Å². The fourth-order valence-electron chi connectivity index (χ4n) is 5.15. The maximum absolute atomic E-state index is 12.8. The first-order chi connectivity index (χ1) is 21.6. The van der Waals surface area contributed by atoms with Crippen LogP contribution in [0.1, 0.15) is 50.7 Å². The fraction of sp³-hybridized carbons (Fsp3) is 0.333. The van der Waals surface area contributed by atoms with Gasteiger partial charge in [-0.2, -0.15) is 4.99 Å². The SMILES string of the molecule is CCc1ccccc1N1/C(=N/C(=O)NCCC(C)c2ccc(-c3ncn(-c4ccc(OC(F)(F)F)cc4)n3)cc2)SCCC1C. The van der Waals surface area contributed by atoms with Gasteiger partial charge in [-0.15, -0.1) is 18.3 Å². The number of hydrogen-bond acceptors (Lipinski definition) is 5. The molecule has 1 aliphatic heterocycles. The molecular weight excluding hydrogens is 601 g/mol. The number of aliphatic imine (C=N–C) groups is 1. The van der Waals surface area contributed by atoms with Crippen molar-refractivity contribution in [1.29, 1.82) is 0 Å². The summed E-state index contributed by atoms with van der Waals surface area (Å²) in [6.45, 7) is 6.90. The van der Waals surface area contributed by atoms with Crippen molar-refractivity contribution in [1.82, 2.24) is 20.1 Å². The number of thioether (sulfide) groups is 1. The average molecular weight is 637 g/mol. The molecule has 0 spiro atoms. The molecule has 3 aromatic carbocycles. The zero-order valence-corrected chi connectivity index (χ0v) is 26.1. The lowest BCUT2D eigenvalue weighted by Gasteiger charge is -2.36. The summed E-state index contributed by atoms with van der Waals surface area (Å²) in [5.74, 6) is 1.30. The largest absolute Gasteiger partial charge is 0.573 e. The molecule has 1 fully saturated rings. The molecule has 5 rings (SSSR count). The van der Waals surface area contributed by atoms with Gasteiger partial charge >= 0.3 is 12.4 Å². The van der Waals surface area contributed by atoms with Crippen molar-refractivity contribution in [3.05, 3.63) is 90.3 Å². The number of anilines is 1. The molecule has 0 aliphatic carbocycles. The lowest BCUT2D eigenvalue weighted by molar-refractivity contribution is -0.274. The Hall–Kier alpha value is -4.32. The number of amidine groups is 1. The van der Waals surface area contributed by atoms with Crippen molar-refractivity contribution < 1.29 is 22.7 Å². The van der Waals surface area contributed by atoms with Crippen LogP contribution in [0.2, 0.25) is 0 Å².